The van der Waals surface area contributed by atoms with Crippen LogP contribution < -0.4 is 5.43 Å². The van der Waals surface area contributed by atoms with Crippen LogP contribution in [0.4, 0.5) is 0 Å². The number of aromatic nitrogens is 1. The maximum Gasteiger partial charge on any atom is 0.341 e. The molecule has 0 aliphatic heterocycles. The highest BCUT2D eigenvalue weighted by molar-refractivity contribution is 5.87. The van der Waals surface area contributed by atoms with E-state index < -0.39 is 11.4 Å². The van der Waals surface area contributed by atoms with Crippen molar-refractivity contribution in [1.29, 1.82) is 0 Å². The number of aryl methyl sites for hydroxylation is 3. The Labute approximate surface area is 117 Å². The van der Waals surface area contributed by atoms with Gasteiger partial charge in [-0.25, -0.2) is 4.79 Å². The summed E-state index contributed by atoms with van der Waals surface area (Å²) in [5, 5.41) is 9.02. The molecule has 4 heteroatoms. The van der Waals surface area contributed by atoms with Crippen LogP contribution in [0.3, 0.4) is 0 Å². The van der Waals surface area contributed by atoms with Crippen molar-refractivity contribution in [3.63, 3.8) is 0 Å². The molecule has 1 aromatic carbocycles. The Kier molecular flexibility index (Phi) is 3.74. The maximum atomic E-state index is 11.6. The Morgan fingerprint density at radius 1 is 1.10 bits per heavy atom. The summed E-state index contributed by atoms with van der Waals surface area (Å²) in [6.07, 6.45) is 1.41. The van der Waals surface area contributed by atoms with Gasteiger partial charge >= 0.3 is 5.97 Å². The van der Waals surface area contributed by atoms with Gasteiger partial charge in [0.05, 0.1) is 0 Å². The SMILES string of the molecule is Cc1cc(C)cc(Cn2cc(C(=O)O)c(=O)cc2C)c1. The van der Waals surface area contributed by atoms with Crippen LogP contribution in [-0.2, 0) is 6.54 Å². The molecule has 0 fully saturated rings. The zero-order chi connectivity index (χ0) is 14.9. The molecule has 20 heavy (non-hydrogen) atoms. The fourth-order valence-corrected chi connectivity index (χ4v) is 2.36. The van der Waals surface area contributed by atoms with E-state index in [4.69, 9.17) is 5.11 Å². The van der Waals surface area contributed by atoms with E-state index in [0.29, 0.717) is 6.54 Å². The third-order valence-electron chi connectivity index (χ3n) is 3.21. The molecule has 0 spiro atoms. The fraction of sp³-hybridized carbons (Fsp3) is 0.250. The molecular formula is C16H17NO3. The van der Waals surface area contributed by atoms with E-state index in [1.54, 1.807) is 11.5 Å². The van der Waals surface area contributed by atoms with Crippen molar-refractivity contribution in [3.05, 3.63) is 68.6 Å². The zero-order valence-corrected chi connectivity index (χ0v) is 11.8. The van der Waals surface area contributed by atoms with Gasteiger partial charge in [-0.3, -0.25) is 4.79 Å². The monoisotopic (exact) mass is 271 g/mol. The molecule has 104 valence electrons. The second kappa shape index (κ2) is 5.33. The van der Waals surface area contributed by atoms with Crippen LogP contribution in [0, 0.1) is 20.8 Å². The predicted octanol–water partition coefficient (Wildman–Crippen LogP) is 2.52. The third kappa shape index (κ3) is 2.96. The molecule has 0 saturated heterocycles. The Balaban J connectivity index is 2.45. The Morgan fingerprint density at radius 3 is 2.25 bits per heavy atom. The van der Waals surface area contributed by atoms with Crippen LogP contribution in [0.25, 0.3) is 0 Å². The molecule has 0 aliphatic carbocycles. The van der Waals surface area contributed by atoms with Crippen LogP contribution in [0.15, 0.2) is 35.3 Å². The lowest BCUT2D eigenvalue weighted by molar-refractivity contribution is 0.0694. The van der Waals surface area contributed by atoms with Gasteiger partial charge in [-0.05, 0) is 26.3 Å². The highest BCUT2D eigenvalue weighted by Gasteiger charge is 2.11. The first-order valence-electron chi connectivity index (χ1n) is 6.38. The van der Waals surface area contributed by atoms with E-state index in [-0.39, 0.29) is 5.56 Å². The van der Waals surface area contributed by atoms with E-state index in [1.807, 2.05) is 13.8 Å². The third-order valence-corrected chi connectivity index (χ3v) is 3.21. The van der Waals surface area contributed by atoms with Crippen molar-refractivity contribution in [2.24, 2.45) is 0 Å². The lowest BCUT2D eigenvalue weighted by Gasteiger charge is -2.12. The summed E-state index contributed by atoms with van der Waals surface area (Å²) >= 11 is 0. The minimum absolute atomic E-state index is 0.194. The first-order chi connectivity index (χ1) is 9.36. The van der Waals surface area contributed by atoms with Crippen LogP contribution in [0.2, 0.25) is 0 Å². The lowest BCUT2D eigenvalue weighted by Crippen LogP contribution is -2.19. The molecule has 0 atom stereocenters. The molecule has 2 rings (SSSR count). The van der Waals surface area contributed by atoms with Crippen LogP contribution >= 0.6 is 0 Å². The van der Waals surface area contributed by atoms with E-state index in [2.05, 4.69) is 18.2 Å². The highest BCUT2D eigenvalue weighted by Crippen LogP contribution is 2.12. The van der Waals surface area contributed by atoms with E-state index in [9.17, 15) is 9.59 Å². The Hall–Kier alpha value is -2.36. The lowest BCUT2D eigenvalue weighted by atomic mass is 10.1. The van der Waals surface area contributed by atoms with Gasteiger partial charge in [-0.15, -0.1) is 0 Å². The minimum atomic E-state index is -1.19. The Morgan fingerprint density at radius 2 is 1.70 bits per heavy atom. The maximum absolute atomic E-state index is 11.6. The molecule has 0 bridgehead atoms. The van der Waals surface area contributed by atoms with Crippen LogP contribution in [-0.4, -0.2) is 15.6 Å². The molecular weight excluding hydrogens is 254 g/mol. The van der Waals surface area contributed by atoms with Crippen LogP contribution in [0.1, 0.15) is 32.7 Å². The van der Waals surface area contributed by atoms with Gasteiger partial charge in [0.2, 0.25) is 0 Å². The van der Waals surface area contributed by atoms with Gasteiger partial charge in [0, 0.05) is 24.5 Å². The van der Waals surface area contributed by atoms with Crippen molar-refractivity contribution in [2.45, 2.75) is 27.3 Å². The topological polar surface area (TPSA) is 59.3 Å². The van der Waals surface area contributed by atoms with Crippen LogP contribution in [0.5, 0.6) is 0 Å². The number of carboxylic acid groups (broad SMARTS) is 1. The van der Waals surface area contributed by atoms with Crippen molar-refractivity contribution in [3.8, 4) is 0 Å². The van der Waals surface area contributed by atoms with E-state index in [1.165, 1.54) is 12.3 Å². The first-order valence-corrected chi connectivity index (χ1v) is 6.38. The molecule has 0 radical (unpaired) electrons. The standard InChI is InChI=1S/C16H17NO3/c1-10-4-11(2)6-13(5-10)8-17-9-14(16(19)20)15(18)7-12(17)3/h4-7,9H,8H2,1-3H3,(H,19,20). The van der Waals surface area contributed by atoms with Crippen molar-refractivity contribution in [1.82, 2.24) is 4.57 Å². The zero-order valence-electron chi connectivity index (χ0n) is 11.8. The van der Waals surface area contributed by atoms with Gasteiger partial charge in [0.1, 0.15) is 5.56 Å². The summed E-state index contributed by atoms with van der Waals surface area (Å²) in [6.45, 7) is 6.40. The number of hydrogen-bond donors (Lipinski definition) is 1. The molecule has 0 amide bonds. The first kappa shape index (κ1) is 14.1. The van der Waals surface area contributed by atoms with Gasteiger partial charge in [-0.2, -0.15) is 0 Å². The Bertz CT molecular complexity index is 709. The number of pyridine rings is 1. The van der Waals surface area contributed by atoms with Gasteiger partial charge in [-0.1, -0.05) is 29.3 Å². The summed E-state index contributed by atoms with van der Waals surface area (Å²) in [4.78, 5) is 22.6. The summed E-state index contributed by atoms with van der Waals surface area (Å²) < 4.78 is 1.79. The summed E-state index contributed by atoms with van der Waals surface area (Å²) in [5.74, 6) is -1.19. The van der Waals surface area contributed by atoms with Crippen molar-refractivity contribution in [2.75, 3.05) is 0 Å². The normalized spacial score (nSPS) is 10.6. The van der Waals surface area contributed by atoms with E-state index in [0.717, 1.165) is 22.4 Å². The molecule has 2 aromatic rings. The van der Waals surface area contributed by atoms with Gasteiger partial charge in [0.15, 0.2) is 5.43 Å². The predicted molar refractivity (Wildman–Crippen MR) is 77.4 cm³/mol. The minimum Gasteiger partial charge on any atom is -0.477 e. The molecule has 0 aliphatic rings. The number of benzene rings is 1. The number of hydrogen-bond acceptors (Lipinski definition) is 2. The quantitative estimate of drug-likeness (QED) is 0.933. The van der Waals surface area contributed by atoms with Crippen molar-refractivity contribution < 1.29 is 9.90 Å². The fourth-order valence-electron chi connectivity index (χ4n) is 2.36. The largest absolute Gasteiger partial charge is 0.477 e. The molecule has 0 saturated carbocycles. The second-order valence-corrected chi connectivity index (χ2v) is 5.12. The molecule has 4 nitrogen and oxygen atoms in total. The number of nitrogens with zero attached hydrogens (tertiary/aromatic N) is 1. The summed E-state index contributed by atoms with van der Waals surface area (Å²) in [6, 6.07) is 7.58. The average molecular weight is 271 g/mol. The molecule has 0 unspecified atom stereocenters. The summed E-state index contributed by atoms with van der Waals surface area (Å²) in [5.41, 5.74) is 3.52. The molecule has 1 N–H and O–H groups in total. The number of carboxylic acids is 1. The number of aromatic carboxylic acids is 1. The van der Waals surface area contributed by atoms with Gasteiger partial charge < -0.3 is 9.67 Å². The van der Waals surface area contributed by atoms with Gasteiger partial charge in [0.25, 0.3) is 0 Å². The number of rotatable bonds is 3. The highest BCUT2D eigenvalue weighted by atomic mass is 16.4. The second-order valence-electron chi connectivity index (χ2n) is 5.12. The molecule has 1 aromatic heterocycles. The average Bonchev–Trinajstić information content (AvgIpc) is 2.30. The van der Waals surface area contributed by atoms with E-state index >= 15 is 0 Å². The molecule has 1 heterocycles. The summed E-state index contributed by atoms with van der Waals surface area (Å²) in [7, 11) is 0. The van der Waals surface area contributed by atoms with Crippen molar-refractivity contribution >= 4 is 5.97 Å². The smallest absolute Gasteiger partial charge is 0.341 e. The number of carbonyl (C=O) groups is 1.